The van der Waals surface area contributed by atoms with Gasteiger partial charge in [0, 0.05) is 27.3 Å². The number of rotatable bonds is 0. The molecule has 0 fully saturated rings. The molecule has 0 bridgehead atoms. The van der Waals surface area contributed by atoms with E-state index in [-0.39, 0.29) is 27.3 Å². The summed E-state index contributed by atoms with van der Waals surface area (Å²) in [7, 11) is 0. The van der Waals surface area contributed by atoms with Crippen LogP contribution >= 0.6 is 34.8 Å². The van der Waals surface area contributed by atoms with Crippen molar-refractivity contribution >= 4 is 68.1 Å². The Morgan fingerprint density at radius 3 is 1.50 bits per heavy atom. The van der Waals surface area contributed by atoms with E-state index in [1.165, 1.54) is 0 Å². The summed E-state index contributed by atoms with van der Waals surface area (Å²) in [4.78, 5) is 9.62. The molecular formula is C2HCl3O2Tl. The third-order valence-corrected chi connectivity index (χ3v) is 0.728. The summed E-state index contributed by atoms with van der Waals surface area (Å²) < 4.78 is -2.17. The summed E-state index contributed by atoms with van der Waals surface area (Å²) in [6.07, 6.45) is 0. The van der Waals surface area contributed by atoms with Gasteiger partial charge in [-0.15, -0.1) is 0 Å². The van der Waals surface area contributed by atoms with Crippen molar-refractivity contribution in [2.24, 2.45) is 0 Å². The van der Waals surface area contributed by atoms with Gasteiger partial charge in [-0.3, -0.25) is 0 Å². The molecule has 0 rings (SSSR count). The molecule has 0 spiro atoms. The zero-order chi connectivity index (χ0) is 6.08. The van der Waals surface area contributed by atoms with Crippen molar-refractivity contribution in [2.75, 3.05) is 0 Å². The second-order valence-electron chi connectivity index (χ2n) is 0.803. The first-order valence-corrected chi connectivity index (χ1v) is 2.38. The average molecular weight is 368 g/mol. The van der Waals surface area contributed by atoms with Gasteiger partial charge >= 0.3 is 5.97 Å². The molecule has 0 aliphatic heterocycles. The van der Waals surface area contributed by atoms with Crippen LogP contribution in [0.3, 0.4) is 0 Å². The molecule has 0 heterocycles. The number of hydrogen-bond acceptors (Lipinski definition) is 1. The molecule has 0 amide bonds. The Labute approximate surface area is 81.3 Å². The molecule has 1 N–H and O–H groups in total. The fourth-order valence-electron chi connectivity index (χ4n) is 0. The van der Waals surface area contributed by atoms with Crippen molar-refractivity contribution in [1.29, 1.82) is 0 Å². The minimum absolute atomic E-state index is 0. The minimum atomic E-state index is -2.17. The van der Waals surface area contributed by atoms with Gasteiger partial charge in [0.25, 0.3) is 3.79 Å². The Kier molecular flexibility index (Phi) is 6.20. The SMILES string of the molecule is O=C(O)C(Cl)(Cl)Cl.[Tl]. The van der Waals surface area contributed by atoms with Crippen LogP contribution in [0.2, 0.25) is 0 Å². The molecule has 0 saturated heterocycles. The van der Waals surface area contributed by atoms with Crippen LogP contribution in [0.5, 0.6) is 0 Å². The first kappa shape index (κ1) is 12.0. The van der Waals surface area contributed by atoms with Crippen molar-refractivity contribution < 1.29 is 9.90 Å². The van der Waals surface area contributed by atoms with Gasteiger partial charge in [-0.25, -0.2) is 4.79 Å². The number of carboxylic acids is 1. The second kappa shape index (κ2) is 4.14. The Morgan fingerprint density at radius 2 is 1.50 bits per heavy atom. The zero-order valence-electron chi connectivity index (χ0n) is 3.57. The maximum Gasteiger partial charge on any atom is 0.356 e. The van der Waals surface area contributed by atoms with Crippen LogP contribution in [0.1, 0.15) is 0 Å². The Morgan fingerprint density at radius 1 is 1.38 bits per heavy atom. The van der Waals surface area contributed by atoms with Crippen LogP contribution in [0, 0.1) is 0 Å². The van der Waals surface area contributed by atoms with E-state index in [4.69, 9.17) is 39.9 Å². The quantitative estimate of drug-likeness (QED) is 0.513. The number of alkyl halides is 3. The van der Waals surface area contributed by atoms with Crippen molar-refractivity contribution in [3.63, 3.8) is 0 Å². The third kappa shape index (κ3) is 5.40. The van der Waals surface area contributed by atoms with Crippen molar-refractivity contribution in [3.05, 3.63) is 0 Å². The molecule has 0 unspecified atom stereocenters. The molecule has 45 valence electrons. The number of aliphatic carboxylic acids is 1. The third-order valence-electron chi connectivity index (χ3n) is 0.243. The summed E-state index contributed by atoms with van der Waals surface area (Å²) in [5, 5.41) is 7.85. The average Bonchev–Trinajstić information content (AvgIpc) is 1.31. The molecule has 8 heavy (non-hydrogen) atoms. The Bertz CT molecular complexity index is 87.8. The van der Waals surface area contributed by atoms with Crippen molar-refractivity contribution in [1.82, 2.24) is 0 Å². The monoisotopic (exact) mass is 367 g/mol. The standard InChI is InChI=1S/C2HCl3O2.Tl/c3-2(4,5)1(6)7;/h(H,6,7);. The van der Waals surface area contributed by atoms with Gasteiger partial charge in [-0.2, -0.15) is 0 Å². The van der Waals surface area contributed by atoms with Crippen LogP contribution in [-0.2, 0) is 4.79 Å². The number of carboxylic acid groups (broad SMARTS) is 1. The molecule has 1 radical (unpaired) electrons. The fraction of sp³-hybridized carbons (Fsp3) is 0.500. The van der Waals surface area contributed by atoms with Crippen LogP contribution in [0.25, 0.3) is 0 Å². The predicted molar refractivity (Wildman–Crippen MR) is 33.7 cm³/mol. The fourth-order valence-corrected chi connectivity index (χ4v) is 0. The summed E-state index contributed by atoms with van der Waals surface area (Å²) in [6, 6.07) is 0. The van der Waals surface area contributed by atoms with Crippen molar-refractivity contribution in [3.8, 4) is 0 Å². The molecule has 6 heteroatoms. The molecule has 0 atom stereocenters. The number of halogens is 3. The van der Waals surface area contributed by atoms with E-state index >= 15 is 0 Å². The summed E-state index contributed by atoms with van der Waals surface area (Å²) in [6.45, 7) is 0. The number of hydrogen-bond donors (Lipinski definition) is 1. The Hall–Kier alpha value is 1.26. The molecule has 0 aromatic heterocycles. The smallest absolute Gasteiger partial charge is 0.356 e. The first-order valence-electron chi connectivity index (χ1n) is 1.24. The summed E-state index contributed by atoms with van der Waals surface area (Å²) in [5.74, 6) is -1.46. The van der Waals surface area contributed by atoms with Crippen molar-refractivity contribution in [2.45, 2.75) is 3.79 Å². The second-order valence-corrected chi connectivity index (χ2v) is 3.08. The topological polar surface area (TPSA) is 37.3 Å². The van der Waals surface area contributed by atoms with Crippen LogP contribution in [0.4, 0.5) is 0 Å². The maximum absolute atomic E-state index is 9.62. The van der Waals surface area contributed by atoms with Gasteiger partial charge in [-0.1, -0.05) is 34.8 Å². The molecule has 0 aliphatic rings. The van der Waals surface area contributed by atoms with E-state index in [2.05, 4.69) is 0 Å². The van der Waals surface area contributed by atoms with E-state index in [0.29, 0.717) is 0 Å². The van der Waals surface area contributed by atoms with Gasteiger partial charge in [0.2, 0.25) is 0 Å². The first-order chi connectivity index (χ1) is 2.94. The summed E-state index contributed by atoms with van der Waals surface area (Å²) >= 11 is 14.4. The van der Waals surface area contributed by atoms with Crippen LogP contribution in [0.15, 0.2) is 0 Å². The minimum Gasteiger partial charge on any atom is -0.478 e. The Balaban J connectivity index is 0. The van der Waals surface area contributed by atoms with E-state index in [1.54, 1.807) is 0 Å². The normalized spacial score (nSPS) is 9.88. The van der Waals surface area contributed by atoms with E-state index in [1.807, 2.05) is 0 Å². The molecule has 2 nitrogen and oxygen atoms in total. The number of carbonyl (C=O) groups is 1. The van der Waals surface area contributed by atoms with Gasteiger partial charge in [-0.05, 0) is 0 Å². The molecule has 0 aromatic rings. The van der Waals surface area contributed by atoms with Gasteiger partial charge < -0.3 is 5.11 Å². The molecule has 0 aliphatic carbocycles. The molecular weight excluding hydrogens is 367 g/mol. The molecule has 0 aromatic carbocycles. The molecule has 0 saturated carbocycles. The predicted octanol–water partition coefficient (Wildman–Crippen LogP) is 1.06. The van der Waals surface area contributed by atoms with E-state index in [9.17, 15) is 4.79 Å². The van der Waals surface area contributed by atoms with Gasteiger partial charge in [0.05, 0.1) is 0 Å². The van der Waals surface area contributed by atoms with Crippen LogP contribution < -0.4 is 0 Å². The largest absolute Gasteiger partial charge is 0.478 e. The summed E-state index contributed by atoms with van der Waals surface area (Å²) in [5.41, 5.74) is 0. The van der Waals surface area contributed by atoms with E-state index in [0.717, 1.165) is 0 Å². The van der Waals surface area contributed by atoms with Crippen LogP contribution in [-0.4, -0.2) is 42.2 Å². The maximum atomic E-state index is 9.62. The van der Waals surface area contributed by atoms with Gasteiger partial charge in [0.1, 0.15) is 0 Å². The van der Waals surface area contributed by atoms with E-state index < -0.39 is 9.76 Å². The van der Waals surface area contributed by atoms with Gasteiger partial charge in [0.15, 0.2) is 0 Å². The zero-order valence-corrected chi connectivity index (χ0v) is 10.3.